The Morgan fingerprint density at radius 2 is 2.04 bits per heavy atom. The third-order valence-corrected chi connectivity index (χ3v) is 3.90. The number of hydrogen-bond donors (Lipinski definition) is 0. The van der Waals surface area contributed by atoms with Gasteiger partial charge in [0.05, 0.1) is 12.1 Å². The van der Waals surface area contributed by atoms with Crippen molar-refractivity contribution < 1.29 is 23.0 Å². The van der Waals surface area contributed by atoms with Gasteiger partial charge in [-0.05, 0) is 24.3 Å². The zero-order valence-electron chi connectivity index (χ0n) is 13.5. The lowest BCUT2D eigenvalue weighted by atomic mass is 10.2. The van der Waals surface area contributed by atoms with Crippen molar-refractivity contribution in [2.24, 2.45) is 0 Å². The molecular formula is C18H18F2N2O3. The van der Waals surface area contributed by atoms with Crippen molar-refractivity contribution in [3.63, 3.8) is 0 Å². The van der Waals surface area contributed by atoms with E-state index >= 15 is 0 Å². The molecule has 0 spiro atoms. The quantitative estimate of drug-likeness (QED) is 0.806. The van der Waals surface area contributed by atoms with Gasteiger partial charge in [0.1, 0.15) is 36.7 Å². The number of nitrogens with zero attached hydrogens (tertiary/aromatic N) is 2. The molecule has 0 unspecified atom stereocenters. The molecule has 1 aliphatic rings. The highest BCUT2D eigenvalue weighted by atomic mass is 19.1. The van der Waals surface area contributed by atoms with E-state index in [1.54, 1.807) is 29.4 Å². The van der Waals surface area contributed by atoms with Crippen LogP contribution in [0.4, 0.5) is 8.78 Å². The molecule has 5 nitrogen and oxygen atoms in total. The number of benzene rings is 1. The Bertz CT molecular complexity index is 728. The molecule has 1 fully saturated rings. The Kier molecular flexibility index (Phi) is 5.42. The largest absolute Gasteiger partial charge is 0.491 e. The summed E-state index contributed by atoms with van der Waals surface area (Å²) >= 11 is 0. The number of likely N-dealkylation sites (tertiary alicyclic amines) is 1. The molecule has 132 valence electrons. The SMILES string of the molecule is O=C(c1ccc(OCCF)cc1F)N1CC[C@@H](Oc2ccncc2)C1. The zero-order chi connectivity index (χ0) is 17.6. The Hall–Kier alpha value is -2.70. The lowest BCUT2D eigenvalue weighted by Gasteiger charge is -2.18. The van der Waals surface area contributed by atoms with Gasteiger partial charge in [-0.15, -0.1) is 0 Å². The summed E-state index contributed by atoms with van der Waals surface area (Å²) in [5.74, 6) is -0.183. The summed E-state index contributed by atoms with van der Waals surface area (Å²) in [4.78, 5) is 18.0. The van der Waals surface area contributed by atoms with Crippen molar-refractivity contribution >= 4 is 5.91 Å². The van der Waals surface area contributed by atoms with Crippen LogP contribution in [0, 0.1) is 5.82 Å². The smallest absolute Gasteiger partial charge is 0.256 e. The highest BCUT2D eigenvalue weighted by molar-refractivity contribution is 5.94. The molecule has 0 saturated carbocycles. The topological polar surface area (TPSA) is 51.7 Å². The predicted octanol–water partition coefficient (Wildman–Crippen LogP) is 2.86. The molecule has 3 rings (SSSR count). The lowest BCUT2D eigenvalue weighted by molar-refractivity contribution is 0.0767. The van der Waals surface area contributed by atoms with Gasteiger partial charge in [-0.3, -0.25) is 9.78 Å². The predicted molar refractivity (Wildman–Crippen MR) is 87.0 cm³/mol. The number of alkyl halides is 1. The van der Waals surface area contributed by atoms with Crippen LogP contribution in [0.25, 0.3) is 0 Å². The fourth-order valence-corrected chi connectivity index (χ4v) is 2.70. The van der Waals surface area contributed by atoms with E-state index in [9.17, 15) is 13.6 Å². The molecule has 0 N–H and O–H groups in total. The average molecular weight is 348 g/mol. The second-order valence-corrected chi connectivity index (χ2v) is 5.64. The molecule has 1 aliphatic heterocycles. The number of carbonyl (C=O) groups is 1. The van der Waals surface area contributed by atoms with Crippen molar-refractivity contribution in [2.75, 3.05) is 26.4 Å². The van der Waals surface area contributed by atoms with Crippen molar-refractivity contribution in [3.8, 4) is 11.5 Å². The van der Waals surface area contributed by atoms with E-state index in [2.05, 4.69) is 4.98 Å². The van der Waals surface area contributed by atoms with Crippen molar-refractivity contribution in [1.29, 1.82) is 0 Å². The van der Waals surface area contributed by atoms with Crippen LogP contribution in [0.5, 0.6) is 11.5 Å². The van der Waals surface area contributed by atoms with Gasteiger partial charge >= 0.3 is 0 Å². The molecule has 1 atom stereocenters. The summed E-state index contributed by atoms with van der Waals surface area (Å²) in [7, 11) is 0. The van der Waals surface area contributed by atoms with E-state index in [-0.39, 0.29) is 24.0 Å². The first kappa shape index (κ1) is 17.1. The molecule has 2 aromatic rings. The standard InChI is InChI=1S/C18H18F2N2O3/c19-6-10-24-14-1-2-16(17(20)11-14)18(23)22-9-5-15(12-22)25-13-3-7-21-8-4-13/h1-4,7-8,11,15H,5-6,9-10,12H2/t15-/m1/s1. The van der Waals surface area contributed by atoms with Gasteiger partial charge in [0, 0.05) is 31.4 Å². The molecule has 25 heavy (non-hydrogen) atoms. The number of amides is 1. The minimum absolute atomic E-state index is 0.0304. The molecule has 0 bridgehead atoms. The van der Waals surface area contributed by atoms with Crippen LogP contribution < -0.4 is 9.47 Å². The van der Waals surface area contributed by atoms with Gasteiger partial charge in [0.25, 0.3) is 5.91 Å². The fraction of sp³-hybridized carbons (Fsp3) is 0.333. The third kappa shape index (κ3) is 4.23. The van der Waals surface area contributed by atoms with Gasteiger partial charge in [0.15, 0.2) is 0 Å². The fourth-order valence-electron chi connectivity index (χ4n) is 2.70. The first-order valence-corrected chi connectivity index (χ1v) is 8.01. The van der Waals surface area contributed by atoms with Crippen LogP contribution >= 0.6 is 0 Å². The maximum Gasteiger partial charge on any atom is 0.256 e. The zero-order valence-corrected chi connectivity index (χ0v) is 13.5. The minimum atomic E-state index is -0.681. The molecule has 0 radical (unpaired) electrons. The Morgan fingerprint density at radius 1 is 1.24 bits per heavy atom. The first-order valence-electron chi connectivity index (χ1n) is 8.01. The summed E-state index contributed by atoms with van der Waals surface area (Å²) in [5, 5.41) is 0. The average Bonchev–Trinajstić information content (AvgIpc) is 3.09. The van der Waals surface area contributed by atoms with Crippen LogP contribution in [0.3, 0.4) is 0 Å². The van der Waals surface area contributed by atoms with E-state index in [4.69, 9.17) is 9.47 Å². The molecule has 7 heteroatoms. The summed E-state index contributed by atoms with van der Waals surface area (Å²) < 4.78 is 37.1. The summed E-state index contributed by atoms with van der Waals surface area (Å²) in [6.07, 6.45) is 3.80. The van der Waals surface area contributed by atoms with Gasteiger partial charge in [-0.1, -0.05) is 0 Å². The van der Waals surface area contributed by atoms with Crippen molar-refractivity contribution in [1.82, 2.24) is 9.88 Å². The molecular weight excluding hydrogens is 330 g/mol. The lowest BCUT2D eigenvalue weighted by Crippen LogP contribution is -2.31. The summed E-state index contributed by atoms with van der Waals surface area (Å²) in [6.45, 7) is 0.0800. The van der Waals surface area contributed by atoms with E-state index in [0.717, 1.165) is 6.07 Å². The highest BCUT2D eigenvalue weighted by Gasteiger charge is 2.29. The maximum atomic E-state index is 14.2. The monoisotopic (exact) mass is 348 g/mol. The van der Waals surface area contributed by atoms with Crippen LogP contribution in [-0.2, 0) is 0 Å². The van der Waals surface area contributed by atoms with Crippen LogP contribution in [0.15, 0.2) is 42.7 Å². The number of halogens is 2. The molecule has 1 amide bonds. The number of hydrogen-bond acceptors (Lipinski definition) is 4. The van der Waals surface area contributed by atoms with Gasteiger partial charge in [0.2, 0.25) is 0 Å². The molecule has 1 aromatic heterocycles. The number of ether oxygens (including phenoxy) is 2. The second-order valence-electron chi connectivity index (χ2n) is 5.64. The minimum Gasteiger partial charge on any atom is -0.491 e. The maximum absolute atomic E-state index is 14.2. The van der Waals surface area contributed by atoms with Crippen molar-refractivity contribution in [3.05, 3.63) is 54.1 Å². The second kappa shape index (κ2) is 7.92. The summed E-state index contributed by atoms with van der Waals surface area (Å²) in [6, 6.07) is 7.43. The third-order valence-electron chi connectivity index (χ3n) is 3.90. The van der Waals surface area contributed by atoms with Crippen LogP contribution in [0.1, 0.15) is 16.8 Å². The van der Waals surface area contributed by atoms with Gasteiger partial charge in [-0.25, -0.2) is 8.78 Å². The van der Waals surface area contributed by atoms with Crippen LogP contribution in [0.2, 0.25) is 0 Å². The van der Waals surface area contributed by atoms with E-state index in [1.165, 1.54) is 12.1 Å². The van der Waals surface area contributed by atoms with Crippen molar-refractivity contribution in [2.45, 2.75) is 12.5 Å². The van der Waals surface area contributed by atoms with Crippen LogP contribution in [-0.4, -0.2) is 48.3 Å². The molecule has 1 saturated heterocycles. The molecule has 1 aromatic carbocycles. The van der Waals surface area contributed by atoms with E-state index in [0.29, 0.717) is 25.3 Å². The Morgan fingerprint density at radius 3 is 2.76 bits per heavy atom. The van der Waals surface area contributed by atoms with Gasteiger partial charge < -0.3 is 14.4 Å². The van der Waals surface area contributed by atoms with Gasteiger partial charge in [-0.2, -0.15) is 0 Å². The first-order chi connectivity index (χ1) is 12.2. The number of pyridine rings is 1. The molecule has 2 heterocycles. The number of carbonyl (C=O) groups excluding carboxylic acids is 1. The van der Waals surface area contributed by atoms with E-state index in [1.807, 2.05) is 0 Å². The number of rotatable bonds is 6. The Balaban J connectivity index is 1.62. The highest BCUT2D eigenvalue weighted by Crippen LogP contribution is 2.22. The molecule has 0 aliphatic carbocycles. The number of aromatic nitrogens is 1. The Labute approximate surface area is 144 Å². The summed E-state index contributed by atoms with van der Waals surface area (Å²) in [5.41, 5.74) is -0.0304. The van der Waals surface area contributed by atoms with E-state index < -0.39 is 18.4 Å². The normalized spacial score (nSPS) is 16.7.